The van der Waals surface area contributed by atoms with E-state index in [9.17, 15) is 9.59 Å². The number of thiophene rings is 2. The second-order valence-corrected chi connectivity index (χ2v) is 9.29. The molecule has 3 aromatic rings. The first-order valence-corrected chi connectivity index (χ1v) is 12.2. The molecule has 0 saturated heterocycles. The Labute approximate surface area is 191 Å². The van der Waals surface area contributed by atoms with Crippen LogP contribution in [0.1, 0.15) is 41.5 Å². The minimum atomic E-state index is -0.796. The Morgan fingerprint density at radius 2 is 1.61 bits per heavy atom. The molecule has 1 aromatic carbocycles. The van der Waals surface area contributed by atoms with Gasteiger partial charge in [-0.15, -0.1) is 22.7 Å². The van der Waals surface area contributed by atoms with Crippen LogP contribution >= 0.6 is 22.7 Å². The summed E-state index contributed by atoms with van der Waals surface area (Å²) in [5.74, 6) is -0.148. The highest BCUT2D eigenvalue weighted by Crippen LogP contribution is 2.20. The first-order valence-electron chi connectivity index (χ1n) is 10.5. The van der Waals surface area contributed by atoms with E-state index in [1.165, 1.54) is 0 Å². The van der Waals surface area contributed by atoms with Crippen molar-refractivity contribution in [2.75, 3.05) is 0 Å². The van der Waals surface area contributed by atoms with Gasteiger partial charge in [0.25, 0.3) is 5.91 Å². The van der Waals surface area contributed by atoms with Gasteiger partial charge in [-0.2, -0.15) is 0 Å². The zero-order valence-electron chi connectivity index (χ0n) is 17.7. The molecule has 2 amide bonds. The summed E-state index contributed by atoms with van der Waals surface area (Å²) in [4.78, 5) is 29.9. The lowest BCUT2D eigenvalue weighted by Gasteiger charge is -2.27. The Morgan fingerprint density at radius 3 is 2.16 bits per heavy atom. The third-order valence-electron chi connectivity index (χ3n) is 4.79. The molecule has 7 heteroatoms. The lowest BCUT2D eigenvalue weighted by molar-refractivity contribution is -0.142. The molecule has 0 aliphatic rings. The molecule has 1 N–H and O–H groups in total. The van der Waals surface area contributed by atoms with Crippen molar-refractivity contribution in [1.82, 2.24) is 10.2 Å². The van der Waals surface area contributed by atoms with Crippen LogP contribution in [0.4, 0.5) is 4.79 Å². The highest BCUT2D eigenvalue weighted by atomic mass is 32.1. The summed E-state index contributed by atoms with van der Waals surface area (Å²) >= 11 is 3.24. The summed E-state index contributed by atoms with van der Waals surface area (Å²) in [5.41, 5.74) is 0.980. The van der Waals surface area contributed by atoms with Crippen molar-refractivity contribution in [2.24, 2.45) is 0 Å². The number of rotatable bonds is 11. The molecule has 0 fully saturated rings. The van der Waals surface area contributed by atoms with Crippen LogP contribution in [0.25, 0.3) is 0 Å². The number of carbonyl (C=O) groups excluding carboxylic acids is 2. The van der Waals surface area contributed by atoms with E-state index in [-0.39, 0.29) is 5.91 Å². The molecule has 0 radical (unpaired) electrons. The number of carbonyl (C=O) groups is 2. The van der Waals surface area contributed by atoms with Crippen LogP contribution < -0.4 is 5.32 Å². The van der Waals surface area contributed by atoms with Crippen molar-refractivity contribution in [3.8, 4) is 0 Å². The van der Waals surface area contributed by atoms with E-state index < -0.39 is 12.2 Å². The normalized spacial score (nSPS) is 11.6. The second kappa shape index (κ2) is 12.3. The summed E-state index contributed by atoms with van der Waals surface area (Å²) in [6.45, 7) is 3.44. The van der Waals surface area contributed by atoms with Gasteiger partial charge in [0.2, 0.25) is 0 Å². The van der Waals surface area contributed by atoms with Crippen LogP contribution in [0.2, 0.25) is 0 Å². The summed E-state index contributed by atoms with van der Waals surface area (Å²) in [7, 11) is 0. The molecule has 2 aromatic heterocycles. The minimum absolute atomic E-state index is 0.148. The summed E-state index contributed by atoms with van der Waals surface area (Å²) in [5, 5.41) is 6.77. The molecule has 3 rings (SSSR count). The van der Waals surface area contributed by atoms with Crippen molar-refractivity contribution in [1.29, 1.82) is 0 Å². The number of hydrogen-bond acceptors (Lipinski definition) is 5. The molecule has 0 bridgehead atoms. The van der Waals surface area contributed by atoms with E-state index in [0.29, 0.717) is 26.1 Å². The smallest absolute Gasteiger partial charge is 0.408 e. The van der Waals surface area contributed by atoms with Gasteiger partial charge in [0.1, 0.15) is 0 Å². The topological polar surface area (TPSA) is 58.6 Å². The van der Waals surface area contributed by atoms with E-state index in [1.54, 1.807) is 27.6 Å². The van der Waals surface area contributed by atoms with Crippen molar-refractivity contribution in [3.63, 3.8) is 0 Å². The van der Waals surface area contributed by atoms with Gasteiger partial charge in [-0.3, -0.25) is 4.79 Å². The quantitative estimate of drug-likeness (QED) is 0.395. The Kier molecular flexibility index (Phi) is 9.12. The lowest BCUT2D eigenvalue weighted by atomic mass is 10.1. The maximum Gasteiger partial charge on any atom is 0.408 e. The molecule has 1 atom stereocenters. The van der Waals surface area contributed by atoms with Crippen molar-refractivity contribution in [3.05, 3.63) is 80.7 Å². The van der Waals surface area contributed by atoms with Crippen molar-refractivity contribution < 1.29 is 14.3 Å². The van der Waals surface area contributed by atoms with Gasteiger partial charge in [-0.25, -0.2) is 4.79 Å². The molecule has 0 saturated carbocycles. The molecular weight excluding hydrogens is 428 g/mol. The van der Waals surface area contributed by atoms with Crippen LogP contribution in [0.15, 0.2) is 65.4 Å². The molecule has 5 nitrogen and oxygen atoms in total. The summed E-state index contributed by atoms with van der Waals surface area (Å²) in [6, 6.07) is 17.6. The van der Waals surface area contributed by atoms with Gasteiger partial charge in [-0.1, -0.05) is 55.8 Å². The molecule has 2 heterocycles. The third-order valence-corrected chi connectivity index (χ3v) is 6.51. The Balaban J connectivity index is 1.67. The van der Waals surface area contributed by atoms with Gasteiger partial charge in [0.15, 0.2) is 6.10 Å². The molecule has 0 aliphatic carbocycles. The van der Waals surface area contributed by atoms with E-state index in [1.807, 2.05) is 65.4 Å². The number of benzene rings is 1. The largest absolute Gasteiger partial charge is 0.436 e. The number of unbranched alkanes of at least 4 members (excludes halogenated alkanes) is 1. The Morgan fingerprint density at radius 1 is 0.968 bits per heavy atom. The molecule has 0 aliphatic heterocycles. The van der Waals surface area contributed by atoms with Gasteiger partial charge in [-0.05, 0) is 41.3 Å². The van der Waals surface area contributed by atoms with Crippen LogP contribution in [-0.4, -0.2) is 23.0 Å². The number of ether oxygens (including phenoxy) is 1. The fraction of sp³-hybridized carbons (Fsp3) is 0.333. The SMILES string of the molecule is CCCC[C@H](OC(=O)NCc1ccccc1)C(=O)N(Cc1cccs1)Cc1cccs1. The van der Waals surface area contributed by atoms with E-state index in [0.717, 1.165) is 28.2 Å². The molecule has 0 unspecified atom stereocenters. The number of nitrogens with one attached hydrogen (secondary N) is 1. The standard InChI is InChI=1S/C24H28N2O3S2/c1-2-3-13-22(29-24(28)25-16-19-9-5-4-6-10-19)23(27)26(17-20-11-7-14-30-20)18-21-12-8-15-31-21/h4-12,14-15,22H,2-3,13,16-18H2,1H3,(H,25,28)/t22-/m0/s1. The number of hydrogen-bond donors (Lipinski definition) is 1. The molecule has 164 valence electrons. The van der Waals surface area contributed by atoms with Gasteiger partial charge < -0.3 is 15.0 Å². The fourth-order valence-electron chi connectivity index (χ4n) is 3.16. The zero-order valence-corrected chi connectivity index (χ0v) is 19.3. The first-order chi connectivity index (χ1) is 15.2. The monoisotopic (exact) mass is 456 g/mol. The fourth-order valence-corrected chi connectivity index (χ4v) is 4.60. The molecule has 31 heavy (non-hydrogen) atoms. The average Bonchev–Trinajstić information content (AvgIpc) is 3.49. The van der Waals surface area contributed by atoms with E-state index in [4.69, 9.17) is 4.74 Å². The summed E-state index contributed by atoms with van der Waals surface area (Å²) < 4.78 is 5.62. The van der Waals surface area contributed by atoms with Gasteiger partial charge >= 0.3 is 6.09 Å². The van der Waals surface area contributed by atoms with Crippen molar-refractivity contribution in [2.45, 2.75) is 51.9 Å². The molecule has 0 spiro atoms. The highest BCUT2D eigenvalue weighted by molar-refractivity contribution is 7.10. The minimum Gasteiger partial charge on any atom is -0.436 e. The predicted molar refractivity (Wildman–Crippen MR) is 126 cm³/mol. The van der Waals surface area contributed by atoms with Gasteiger partial charge in [0.05, 0.1) is 13.1 Å². The van der Waals surface area contributed by atoms with E-state index >= 15 is 0 Å². The van der Waals surface area contributed by atoms with Crippen LogP contribution in [0.3, 0.4) is 0 Å². The number of alkyl carbamates (subject to hydrolysis) is 1. The van der Waals surface area contributed by atoms with Crippen LogP contribution in [0.5, 0.6) is 0 Å². The third kappa shape index (κ3) is 7.52. The maximum atomic E-state index is 13.4. The summed E-state index contributed by atoms with van der Waals surface area (Å²) in [6.07, 6.45) is 0.892. The number of nitrogens with zero attached hydrogens (tertiary/aromatic N) is 1. The Hall–Kier alpha value is -2.64. The number of amides is 2. The van der Waals surface area contributed by atoms with Gasteiger partial charge in [0, 0.05) is 16.3 Å². The van der Waals surface area contributed by atoms with Crippen LogP contribution in [-0.2, 0) is 29.2 Å². The lowest BCUT2D eigenvalue weighted by Crippen LogP contribution is -2.42. The first kappa shape index (κ1) is 23.0. The van der Waals surface area contributed by atoms with Crippen molar-refractivity contribution >= 4 is 34.7 Å². The van der Waals surface area contributed by atoms with Crippen LogP contribution in [0, 0.1) is 0 Å². The second-order valence-electron chi connectivity index (χ2n) is 7.23. The maximum absolute atomic E-state index is 13.4. The molecular formula is C24H28N2O3S2. The van der Waals surface area contributed by atoms with E-state index in [2.05, 4.69) is 12.2 Å². The Bertz CT molecular complexity index is 875. The zero-order chi connectivity index (χ0) is 21.9. The average molecular weight is 457 g/mol. The predicted octanol–water partition coefficient (Wildman–Crippen LogP) is 5.82. The highest BCUT2D eigenvalue weighted by Gasteiger charge is 2.28.